The fourth-order valence-electron chi connectivity index (χ4n) is 5.74. The largest absolute Gasteiger partial charge is 0.376 e. The highest BCUT2D eigenvalue weighted by Crippen LogP contribution is 2.31. The summed E-state index contributed by atoms with van der Waals surface area (Å²) in [6.07, 6.45) is 4.81. The number of allylic oxidation sites excluding steroid dienone is 1. The van der Waals surface area contributed by atoms with Crippen molar-refractivity contribution in [2.24, 2.45) is 23.7 Å². The SMILES string of the molecule is CCN(/C=C(\C)C(C)C(C)C(=O)C(C)COCc1ccccc1)C(CC(=O)N1CCC(C)CC1)c1cccc(C)c1. The van der Waals surface area contributed by atoms with Gasteiger partial charge in [0.25, 0.3) is 0 Å². The molecule has 1 amide bonds. The number of hydrogen-bond acceptors (Lipinski definition) is 4. The third-order valence-corrected chi connectivity index (χ3v) is 8.95. The zero-order chi connectivity index (χ0) is 29.9. The number of carbonyl (C=O) groups is 2. The Bertz CT molecular complexity index is 1140. The number of Topliss-reactive ketones (excluding diaryl/α,β-unsaturated/α-hetero) is 1. The molecule has 5 heteroatoms. The van der Waals surface area contributed by atoms with Gasteiger partial charge < -0.3 is 14.5 Å². The molecular weight excluding hydrogens is 508 g/mol. The van der Waals surface area contributed by atoms with E-state index in [4.69, 9.17) is 4.74 Å². The molecule has 2 aromatic carbocycles. The number of hydrogen-bond donors (Lipinski definition) is 0. The third kappa shape index (κ3) is 9.56. The van der Waals surface area contributed by atoms with Gasteiger partial charge in [0, 0.05) is 31.5 Å². The summed E-state index contributed by atoms with van der Waals surface area (Å²) >= 11 is 0. The van der Waals surface area contributed by atoms with E-state index in [0.717, 1.165) is 49.2 Å². The monoisotopic (exact) mass is 560 g/mol. The van der Waals surface area contributed by atoms with Gasteiger partial charge in [-0.25, -0.2) is 0 Å². The average molecular weight is 561 g/mol. The van der Waals surface area contributed by atoms with Gasteiger partial charge in [-0.15, -0.1) is 0 Å². The van der Waals surface area contributed by atoms with E-state index < -0.39 is 0 Å². The first-order valence-electron chi connectivity index (χ1n) is 15.5. The number of nitrogens with zero attached hydrogens (tertiary/aromatic N) is 2. The first-order valence-corrected chi connectivity index (χ1v) is 15.5. The Labute approximate surface area is 249 Å². The summed E-state index contributed by atoms with van der Waals surface area (Å²) in [5, 5.41) is 0. The maximum Gasteiger partial charge on any atom is 0.224 e. The number of rotatable bonds is 14. The van der Waals surface area contributed by atoms with Crippen LogP contribution in [0.3, 0.4) is 0 Å². The molecule has 0 radical (unpaired) electrons. The zero-order valence-electron chi connectivity index (χ0n) is 26.4. The Hall–Kier alpha value is -2.92. The van der Waals surface area contributed by atoms with E-state index in [1.54, 1.807) is 0 Å². The Morgan fingerprint density at radius 2 is 1.71 bits per heavy atom. The summed E-state index contributed by atoms with van der Waals surface area (Å²) in [5.74, 6) is 0.921. The Morgan fingerprint density at radius 1 is 1.02 bits per heavy atom. The molecule has 1 heterocycles. The van der Waals surface area contributed by atoms with Gasteiger partial charge in [-0.1, -0.05) is 93.4 Å². The van der Waals surface area contributed by atoms with Gasteiger partial charge in [-0.3, -0.25) is 9.59 Å². The molecule has 1 saturated heterocycles. The molecule has 224 valence electrons. The topological polar surface area (TPSA) is 49.9 Å². The van der Waals surface area contributed by atoms with Crippen LogP contribution in [-0.4, -0.2) is 47.7 Å². The molecule has 0 N–H and O–H groups in total. The number of piperidine rings is 1. The highest BCUT2D eigenvalue weighted by Gasteiger charge is 2.29. The summed E-state index contributed by atoms with van der Waals surface area (Å²) in [5.41, 5.74) is 4.63. The van der Waals surface area contributed by atoms with Crippen molar-refractivity contribution in [3.05, 3.63) is 83.1 Å². The fraction of sp³-hybridized carbons (Fsp3) is 0.556. The summed E-state index contributed by atoms with van der Waals surface area (Å²) in [6, 6.07) is 18.5. The van der Waals surface area contributed by atoms with Crippen molar-refractivity contribution < 1.29 is 14.3 Å². The lowest BCUT2D eigenvalue weighted by molar-refractivity contribution is -0.133. The molecule has 4 unspecified atom stereocenters. The Morgan fingerprint density at radius 3 is 2.34 bits per heavy atom. The molecule has 5 nitrogen and oxygen atoms in total. The zero-order valence-corrected chi connectivity index (χ0v) is 26.4. The lowest BCUT2D eigenvalue weighted by Gasteiger charge is -2.35. The Kier molecular flexibility index (Phi) is 12.6. The van der Waals surface area contributed by atoms with Crippen LogP contribution >= 0.6 is 0 Å². The van der Waals surface area contributed by atoms with E-state index >= 15 is 0 Å². The quantitative estimate of drug-likeness (QED) is 0.239. The second-order valence-electron chi connectivity index (χ2n) is 12.3. The van der Waals surface area contributed by atoms with Crippen molar-refractivity contribution in [2.45, 2.75) is 80.4 Å². The van der Waals surface area contributed by atoms with Crippen LogP contribution in [0.1, 0.15) is 83.5 Å². The first kappa shape index (κ1) is 32.6. The highest BCUT2D eigenvalue weighted by molar-refractivity contribution is 5.83. The molecule has 0 saturated carbocycles. The maximum absolute atomic E-state index is 13.5. The van der Waals surface area contributed by atoms with Crippen molar-refractivity contribution in [3.8, 4) is 0 Å². The van der Waals surface area contributed by atoms with Gasteiger partial charge in [0.1, 0.15) is 5.78 Å². The van der Waals surface area contributed by atoms with Crippen LogP contribution in [0.2, 0.25) is 0 Å². The van der Waals surface area contributed by atoms with Crippen molar-refractivity contribution in [3.63, 3.8) is 0 Å². The van der Waals surface area contributed by atoms with Crippen LogP contribution < -0.4 is 0 Å². The molecule has 0 aliphatic carbocycles. The fourth-order valence-corrected chi connectivity index (χ4v) is 5.74. The number of aryl methyl sites for hydroxylation is 1. The molecular formula is C36H52N2O3. The molecule has 1 aliphatic heterocycles. The number of ketones is 1. The van der Waals surface area contributed by atoms with Gasteiger partial charge in [0.05, 0.1) is 25.7 Å². The first-order chi connectivity index (χ1) is 19.6. The van der Waals surface area contributed by atoms with Crippen LogP contribution in [0.15, 0.2) is 66.4 Å². The van der Waals surface area contributed by atoms with Crippen LogP contribution in [0.4, 0.5) is 0 Å². The average Bonchev–Trinajstić information content (AvgIpc) is 2.98. The Balaban J connectivity index is 1.70. The van der Waals surface area contributed by atoms with Gasteiger partial charge >= 0.3 is 0 Å². The highest BCUT2D eigenvalue weighted by atomic mass is 16.5. The molecule has 41 heavy (non-hydrogen) atoms. The minimum absolute atomic E-state index is 0.0507. The summed E-state index contributed by atoms with van der Waals surface area (Å²) in [7, 11) is 0. The molecule has 0 spiro atoms. The predicted octanol–water partition coefficient (Wildman–Crippen LogP) is 7.60. The predicted molar refractivity (Wildman–Crippen MR) is 168 cm³/mol. The summed E-state index contributed by atoms with van der Waals surface area (Å²) < 4.78 is 5.88. The number of benzene rings is 2. The molecule has 2 aromatic rings. The van der Waals surface area contributed by atoms with Crippen molar-refractivity contribution >= 4 is 11.7 Å². The lowest BCUT2D eigenvalue weighted by Crippen LogP contribution is -2.40. The third-order valence-electron chi connectivity index (χ3n) is 8.95. The second-order valence-corrected chi connectivity index (χ2v) is 12.3. The van der Waals surface area contributed by atoms with E-state index in [1.807, 2.05) is 44.2 Å². The van der Waals surface area contributed by atoms with Gasteiger partial charge in [0.15, 0.2) is 0 Å². The van der Waals surface area contributed by atoms with E-state index in [1.165, 1.54) is 5.56 Å². The van der Waals surface area contributed by atoms with Crippen molar-refractivity contribution in [1.29, 1.82) is 0 Å². The molecule has 0 bridgehead atoms. The van der Waals surface area contributed by atoms with E-state index in [9.17, 15) is 9.59 Å². The standard InChI is InChI=1S/C36H52N2O3/c1-8-37(34(33-16-12-13-27(3)21-33)22-35(39)38-19-17-26(2)18-20-38)23-28(4)30(6)31(7)36(40)29(5)24-41-25-32-14-10-9-11-15-32/h9-16,21,23,26,29-31,34H,8,17-20,22,24-25H2,1-7H3/b28-23+. The minimum Gasteiger partial charge on any atom is -0.376 e. The summed E-state index contributed by atoms with van der Waals surface area (Å²) in [6.45, 7) is 18.2. The van der Waals surface area contributed by atoms with E-state index in [0.29, 0.717) is 25.6 Å². The molecule has 1 fully saturated rings. The van der Waals surface area contributed by atoms with Gasteiger partial charge in [-0.05, 0) is 62.8 Å². The van der Waals surface area contributed by atoms with Crippen LogP contribution in [0, 0.1) is 30.6 Å². The normalized spacial score (nSPS) is 17.5. The molecule has 3 rings (SSSR count). The van der Waals surface area contributed by atoms with Crippen molar-refractivity contribution in [1.82, 2.24) is 9.80 Å². The van der Waals surface area contributed by atoms with E-state index in [2.05, 4.69) is 74.9 Å². The second kappa shape index (κ2) is 15.9. The summed E-state index contributed by atoms with van der Waals surface area (Å²) in [4.78, 5) is 31.2. The van der Waals surface area contributed by atoms with Crippen LogP contribution in [0.5, 0.6) is 0 Å². The number of ether oxygens (including phenoxy) is 1. The van der Waals surface area contributed by atoms with E-state index in [-0.39, 0.29) is 35.5 Å². The van der Waals surface area contributed by atoms with Gasteiger partial charge in [0.2, 0.25) is 5.91 Å². The number of amides is 1. The lowest BCUT2D eigenvalue weighted by atomic mass is 9.82. The minimum atomic E-state index is -0.170. The van der Waals surface area contributed by atoms with Crippen molar-refractivity contribution in [2.75, 3.05) is 26.2 Å². The maximum atomic E-state index is 13.5. The molecule has 4 atom stereocenters. The number of carbonyl (C=O) groups excluding carboxylic acids is 2. The molecule has 1 aliphatic rings. The molecule has 0 aromatic heterocycles. The smallest absolute Gasteiger partial charge is 0.224 e. The van der Waals surface area contributed by atoms with Crippen LogP contribution in [-0.2, 0) is 20.9 Å². The number of likely N-dealkylation sites (tertiary alicyclic amines) is 1. The van der Waals surface area contributed by atoms with Crippen LogP contribution in [0.25, 0.3) is 0 Å². The van der Waals surface area contributed by atoms with Gasteiger partial charge in [-0.2, -0.15) is 0 Å².